The second-order valence-corrected chi connectivity index (χ2v) is 8.67. The van der Waals surface area contributed by atoms with Gasteiger partial charge in [0.15, 0.2) is 28.8 Å². The molecule has 186 valence electrons. The number of carboxylic acids is 1. The molecule has 0 spiro atoms. The fraction of sp³-hybridized carbons (Fsp3) is 0.231. The third-order valence-electron chi connectivity index (χ3n) is 6.91. The molecule has 1 amide bonds. The number of carbonyl (C=O) groups is 2. The number of hydrogen-bond acceptors (Lipinski definition) is 3. The summed E-state index contributed by atoms with van der Waals surface area (Å²) >= 11 is 0. The van der Waals surface area contributed by atoms with E-state index in [4.69, 9.17) is 4.74 Å². The molecule has 1 saturated heterocycles. The number of carboxylic acid groups (broad SMARTS) is 1. The Hall–Kier alpha value is -3.95. The van der Waals surface area contributed by atoms with E-state index in [0.717, 1.165) is 22.3 Å². The predicted octanol–water partition coefficient (Wildman–Crippen LogP) is 5.71. The molecule has 36 heavy (non-hydrogen) atoms. The van der Waals surface area contributed by atoms with Crippen molar-refractivity contribution in [3.8, 4) is 11.1 Å². The molecule has 3 aromatic rings. The zero-order valence-electron chi connectivity index (χ0n) is 18.5. The predicted molar refractivity (Wildman–Crippen MR) is 117 cm³/mol. The normalized spacial score (nSPS) is 18.8. The van der Waals surface area contributed by atoms with Gasteiger partial charge in [-0.25, -0.2) is 31.5 Å². The fourth-order valence-corrected chi connectivity index (χ4v) is 5.30. The Kier molecular flexibility index (Phi) is 5.69. The first-order valence-corrected chi connectivity index (χ1v) is 11.1. The molecule has 10 heteroatoms. The van der Waals surface area contributed by atoms with Gasteiger partial charge >= 0.3 is 12.1 Å². The molecule has 0 radical (unpaired) electrons. The van der Waals surface area contributed by atoms with Crippen LogP contribution in [-0.4, -0.2) is 35.2 Å². The lowest BCUT2D eigenvalue weighted by Gasteiger charge is -2.35. The van der Waals surface area contributed by atoms with Crippen molar-refractivity contribution in [3.63, 3.8) is 0 Å². The van der Waals surface area contributed by atoms with Crippen LogP contribution in [0.1, 0.15) is 35.4 Å². The SMILES string of the molecule is O=C(OCC1c2ccccc2-c2ccccc21)N1CCC[C@]1(C(=O)O)c1c(F)c(F)c(F)c(F)c1F. The van der Waals surface area contributed by atoms with Gasteiger partial charge < -0.3 is 9.84 Å². The molecule has 2 aliphatic rings. The van der Waals surface area contributed by atoms with Gasteiger partial charge in [-0.1, -0.05) is 48.5 Å². The highest BCUT2D eigenvalue weighted by Gasteiger charge is 2.56. The maximum Gasteiger partial charge on any atom is 0.411 e. The minimum atomic E-state index is -2.83. The quantitative estimate of drug-likeness (QED) is 0.282. The lowest BCUT2D eigenvalue weighted by Crippen LogP contribution is -2.52. The Labute approximate surface area is 201 Å². The molecule has 5 nitrogen and oxygen atoms in total. The highest BCUT2D eigenvalue weighted by Crippen LogP contribution is 2.46. The smallest absolute Gasteiger partial charge is 0.411 e. The van der Waals surface area contributed by atoms with Crippen LogP contribution in [0.2, 0.25) is 0 Å². The molecule has 1 heterocycles. The third kappa shape index (κ3) is 3.27. The summed E-state index contributed by atoms with van der Waals surface area (Å²) in [7, 11) is 0. The number of fused-ring (bicyclic) bond motifs is 3. The van der Waals surface area contributed by atoms with Crippen molar-refractivity contribution in [1.82, 2.24) is 4.90 Å². The van der Waals surface area contributed by atoms with Crippen LogP contribution in [-0.2, 0) is 15.1 Å². The number of hydrogen-bond donors (Lipinski definition) is 1. The van der Waals surface area contributed by atoms with Crippen molar-refractivity contribution in [3.05, 3.63) is 94.3 Å². The molecule has 1 aliphatic carbocycles. The molecule has 1 N–H and O–H groups in total. The van der Waals surface area contributed by atoms with Crippen LogP contribution in [0.5, 0.6) is 0 Å². The highest BCUT2D eigenvalue weighted by atomic mass is 19.2. The second-order valence-electron chi connectivity index (χ2n) is 8.67. The Balaban J connectivity index is 1.50. The van der Waals surface area contributed by atoms with E-state index in [-0.39, 0.29) is 19.6 Å². The van der Waals surface area contributed by atoms with Gasteiger partial charge in [0.25, 0.3) is 0 Å². The van der Waals surface area contributed by atoms with Crippen LogP contribution in [0.15, 0.2) is 48.5 Å². The van der Waals surface area contributed by atoms with Crippen LogP contribution in [0, 0.1) is 29.1 Å². The maximum atomic E-state index is 14.7. The first kappa shape index (κ1) is 23.8. The van der Waals surface area contributed by atoms with Crippen LogP contribution in [0.25, 0.3) is 11.1 Å². The molecule has 0 unspecified atom stereocenters. The van der Waals surface area contributed by atoms with Gasteiger partial charge in [-0.3, -0.25) is 4.90 Å². The Morgan fingerprint density at radius 2 is 1.36 bits per heavy atom. The lowest BCUT2D eigenvalue weighted by atomic mass is 9.86. The van der Waals surface area contributed by atoms with Crippen molar-refractivity contribution in [2.75, 3.05) is 13.2 Å². The monoisotopic (exact) mass is 503 g/mol. The van der Waals surface area contributed by atoms with Gasteiger partial charge in [0.1, 0.15) is 6.61 Å². The van der Waals surface area contributed by atoms with E-state index >= 15 is 0 Å². The van der Waals surface area contributed by atoms with Crippen molar-refractivity contribution in [2.45, 2.75) is 24.3 Å². The van der Waals surface area contributed by atoms with Gasteiger partial charge in [0.2, 0.25) is 5.82 Å². The van der Waals surface area contributed by atoms with Crippen molar-refractivity contribution in [1.29, 1.82) is 0 Å². The average Bonchev–Trinajstić information content (AvgIpc) is 3.46. The summed E-state index contributed by atoms with van der Waals surface area (Å²) in [6.45, 7) is -0.543. The minimum absolute atomic E-state index is 0.0595. The largest absolute Gasteiger partial charge is 0.479 e. The summed E-state index contributed by atoms with van der Waals surface area (Å²) in [4.78, 5) is 26.0. The van der Waals surface area contributed by atoms with Gasteiger partial charge in [0, 0.05) is 12.5 Å². The number of amides is 1. The minimum Gasteiger partial charge on any atom is -0.479 e. The Bertz CT molecular complexity index is 1340. The summed E-state index contributed by atoms with van der Waals surface area (Å²) in [6.07, 6.45) is -1.86. The highest BCUT2D eigenvalue weighted by molar-refractivity contribution is 5.87. The second kappa shape index (κ2) is 8.61. The van der Waals surface area contributed by atoms with Crippen LogP contribution < -0.4 is 0 Å². The Morgan fingerprint density at radius 3 is 1.89 bits per heavy atom. The van der Waals surface area contributed by atoms with Gasteiger partial charge in [-0.15, -0.1) is 0 Å². The molecular weight excluding hydrogens is 485 g/mol. The molecule has 0 bridgehead atoms. The molecule has 0 saturated carbocycles. The zero-order chi connectivity index (χ0) is 25.8. The molecular formula is C26H18F5NO4. The van der Waals surface area contributed by atoms with Crippen LogP contribution in [0.3, 0.4) is 0 Å². The van der Waals surface area contributed by atoms with Gasteiger partial charge in [0.05, 0.1) is 5.56 Å². The molecule has 1 fully saturated rings. The standard InChI is InChI=1S/C26H18F5NO4/c27-19-18(20(28)22(30)23(31)21(19)29)26(24(33)34)10-5-11-32(26)25(35)36-12-17-15-8-3-1-6-13(15)14-7-2-4-9-16(14)17/h1-4,6-9,17H,5,10-12H2,(H,33,34)/t26-/m1/s1. The number of benzene rings is 3. The summed E-state index contributed by atoms with van der Waals surface area (Å²) in [5, 5.41) is 9.96. The van der Waals surface area contributed by atoms with Crippen molar-refractivity contribution < 1.29 is 41.4 Å². The summed E-state index contributed by atoms with van der Waals surface area (Å²) in [5.74, 6) is -13.9. The topological polar surface area (TPSA) is 66.8 Å². The molecule has 5 rings (SSSR count). The first-order valence-electron chi connectivity index (χ1n) is 11.1. The first-order chi connectivity index (χ1) is 17.2. The number of nitrogens with zero attached hydrogens (tertiary/aromatic N) is 1. The average molecular weight is 503 g/mol. The van der Waals surface area contributed by atoms with Gasteiger partial charge in [-0.05, 0) is 35.1 Å². The van der Waals surface area contributed by atoms with Crippen LogP contribution in [0.4, 0.5) is 26.7 Å². The number of aliphatic carboxylic acids is 1. The maximum absolute atomic E-state index is 14.7. The van der Waals surface area contributed by atoms with E-state index in [1.165, 1.54) is 0 Å². The summed E-state index contributed by atoms with van der Waals surface area (Å²) in [6, 6.07) is 14.9. The lowest BCUT2D eigenvalue weighted by molar-refractivity contribution is -0.150. The van der Waals surface area contributed by atoms with E-state index < -0.39 is 64.6 Å². The van der Waals surface area contributed by atoms with Crippen LogP contribution >= 0.6 is 0 Å². The third-order valence-corrected chi connectivity index (χ3v) is 6.91. The van der Waals surface area contributed by atoms with Crippen molar-refractivity contribution >= 4 is 12.1 Å². The fourth-order valence-electron chi connectivity index (χ4n) is 5.30. The summed E-state index contributed by atoms with van der Waals surface area (Å²) < 4.78 is 76.4. The number of likely N-dealkylation sites (tertiary alicyclic amines) is 1. The van der Waals surface area contributed by atoms with E-state index in [9.17, 15) is 36.6 Å². The van der Waals surface area contributed by atoms with E-state index in [0.29, 0.717) is 4.90 Å². The summed E-state index contributed by atoms with van der Waals surface area (Å²) in [5.41, 5.74) is -0.786. The number of rotatable bonds is 4. The number of ether oxygens (including phenoxy) is 1. The van der Waals surface area contributed by atoms with E-state index in [1.807, 2.05) is 48.5 Å². The van der Waals surface area contributed by atoms with Gasteiger partial charge in [-0.2, -0.15) is 0 Å². The molecule has 3 aromatic carbocycles. The van der Waals surface area contributed by atoms with E-state index in [2.05, 4.69) is 0 Å². The molecule has 1 aliphatic heterocycles. The molecule has 0 aromatic heterocycles. The van der Waals surface area contributed by atoms with E-state index in [1.54, 1.807) is 0 Å². The number of carbonyl (C=O) groups excluding carboxylic acids is 1. The van der Waals surface area contributed by atoms with Crippen molar-refractivity contribution in [2.24, 2.45) is 0 Å². The zero-order valence-corrected chi connectivity index (χ0v) is 18.5. The molecule has 1 atom stereocenters. The Morgan fingerprint density at radius 1 is 0.861 bits per heavy atom. The number of halogens is 5.